The van der Waals surface area contributed by atoms with E-state index in [0.717, 1.165) is 22.4 Å². The van der Waals surface area contributed by atoms with Gasteiger partial charge in [-0.25, -0.2) is 4.39 Å². The van der Waals surface area contributed by atoms with Gasteiger partial charge in [0.1, 0.15) is 0 Å². The molecule has 0 unspecified atom stereocenters. The Labute approximate surface area is 114 Å². The van der Waals surface area contributed by atoms with Crippen LogP contribution in [0.3, 0.4) is 0 Å². The van der Waals surface area contributed by atoms with Crippen LogP contribution in [0.2, 0.25) is 0 Å². The second-order valence-corrected chi connectivity index (χ2v) is 4.73. The zero-order chi connectivity index (χ0) is 14.6. The fraction of sp³-hybridized carbons (Fsp3) is 0.312. The highest BCUT2D eigenvalue weighted by Crippen LogP contribution is 2.29. The van der Waals surface area contributed by atoms with Crippen LogP contribution in [0.5, 0.6) is 5.75 Å². The molecule has 2 nitrogen and oxygen atoms in total. The van der Waals surface area contributed by atoms with E-state index < -0.39 is 0 Å². The second kappa shape index (κ2) is 6.32. The number of ether oxygens (including phenoxy) is 1. The van der Waals surface area contributed by atoms with Gasteiger partial charge in [-0.1, -0.05) is 18.2 Å². The van der Waals surface area contributed by atoms with Crippen LogP contribution < -0.4 is 4.74 Å². The molecular formula is C16H20FNO. The fourth-order valence-corrected chi connectivity index (χ4v) is 1.89. The van der Waals surface area contributed by atoms with Crippen LogP contribution >= 0.6 is 0 Å². The molecule has 0 saturated carbocycles. The number of nitrogens with zero attached hydrogens (tertiary/aromatic N) is 1. The van der Waals surface area contributed by atoms with Crippen molar-refractivity contribution in [2.24, 2.45) is 4.99 Å². The van der Waals surface area contributed by atoms with Crippen molar-refractivity contribution >= 4 is 11.3 Å². The van der Waals surface area contributed by atoms with Crippen LogP contribution in [0.1, 0.15) is 33.3 Å². The summed E-state index contributed by atoms with van der Waals surface area (Å²) in [5.74, 6) is -0.151. The minimum absolute atomic E-state index is 0.234. The first kappa shape index (κ1) is 15.2. The molecule has 0 radical (unpaired) electrons. The Morgan fingerprint density at radius 3 is 2.26 bits per heavy atom. The molecule has 0 aliphatic heterocycles. The van der Waals surface area contributed by atoms with E-state index in [2.05, 4.69) is 11.6 Å². The summed E-state index contributed by atoms with van der Waals surface area (Å²) in [5, 5.41) is 0. The lowest BCUT2D eigenvalue weighted by atomic mass is 9.98. The number of aliphatic imine (C=N–C) groups is 1. The molecule has 0 aliphatic carbocycles. The van der Waals surface area contributed by atoms with Gasteiger partial charge in [0.25, 0.3) is 0 Å². The molecule has 0 amide bonds. The molecule has 0 N–H and O–H groups in total. The molecule has 0 fully saturated rings. The minimum Gasteiger partial charge on any atom is -0.494 e. The number of benzene rings is 1. The third kappa shape index (κ3) is 3.78. The predicted octanol–water partition coefficient (Wildman–Crippen LogP) is 4.62. The van der Waals surface area contributed by atoms with E-state index in [1.807, 2.05) is 33.8 Å². The monoisotopic (exact) mass is 261 g/mol. The van der Waals surface area contributed by atoms with Crippen LogP contribution in [-0.4, -0.2) is 12.8 Å². The molecule has 0 saturated heterocycles. The van der Waals surface area contributed by atoms with Gasteiger partial charge in [-0.2, -0.15) is 0 Å². The highest BCUT2D eigenvalue weighted by atomic mass is 19.1. The topological polar surface area (TPSA) is 21.6 Å². The Hall–Kier alpha value is -1.90. The van der Waals surface area contributed by atoms with E-state index in [0.29, 0.717) is 5.70 Å². The van der Waals surface area contributed by atoms with Gasteiger partial charge in [0.15, 0.2) is 11.6 Å². The highest BCUT2D eigenvalue weighted by molar-refractivity contribution is 5.87. The van der Waals surface area contributed by atoms with Gasteiger partial charge in [0, 0.05) is 11.3 Å². The standard InChI is InChI=1S/C16H20FNO/c1-10(2)16(12(5)18-11(3)4)13-7-8-15(19-6)14(17)9-13/h7-9H,5H2,1-4,6H3. The Balaban J connectivity index is 3.30. The Bertz CT molecular complexity index is 548. The summed E-state index contributed by atoms with van der Waals surface area (Å²) < 4.78 is 18.7. The molecule has 0 aromatic heterocycles. The van der Waals surface area contributed by atoms with E-state index in [1.165, 1.54) is 13.2 Å². The minimum atomic E-state index is -0.385. The number of halogens is 1. The van der Waals surface area contributed by atoms with Crippen LogP contribution in [0, 0.1) is 5.82 Å². The summed E-state index contributed by atoms with van der Waals surface area (Å²) in [6.45, 7) is 11.7. The smallest absolute Gasteiger partial charge is 0.165 e. The average molecular weight is 261 g/mol. The van der Waals surface area contributed by atoms with Crippen molar-refractivity contribution in [3.63, 3.8) is 0 Å². The van der Waals surface area contributed by atoms with Crippen molar-refractivity contribution in [2.75, 3.05) is 7.11 Å². The SMILES string of the molecule is C=C(N=C(C)C)C(=C(C)C)c1ccc(OC)c(F)c1. The van der Waals surface area contributed by atoms with Gasteiger partial charge < -0.3 is 4.74 Å². The second-order valence-electron chi connectivity index (χ2n) is 4.73. The lowest BCUT2D eigenvalue weighted by Gasteiger charge is -2.12. The van der Waals surface area contributed by atoms with Crippen LogP contribution in [0.4, 0.5) is 4.39 Å². The average Bonchev–Trinajstić information content (AvgIpc) is 2.27. The third-order valence-corrected chi connectivity index (χ3v) is 2.59. The first-order valence-electron chi connectivity index (χ1n) is 6.09. The van der Waals surface area contributed by atoms with Crippen molar-refractivity contribution in [1.82, 2.24) is 0 Å². The first-order chi connectivity index (χ1) is 8.86. The molecule has 1 aromatic rings. The number of rotatable bonds is 4. The Morgan fingerprint density at radius 2 is 1.84 bits per heavy atom. The summed E-state index contributed by atoms with van der Waals surface area (Å²) >= 11 is 0. The highest BCUT2D eigenvalue weighted by Gasteiger charge is 2.11. The molecule has 1 rings (SSSR count). The van der Waals surface area contributed by atoms with Crippen LogP contribution in [0.15, 0.2) is 41.0 Å². The zero-order valence-electron chi connectivity index (χ0n) is 12.2. The number of allylic oxidation sites excluding steroid dienone is 2. The Kier molecular flexibility index (Phi) is 5.04. The van der Waals surface area contributed by atoms with E-state index in [-0.39, 0.29) is 11.6 Å². The summed E-state index contributed by atoms with van der Waals surface area (Å²) in [6.07, 6.45) is 0. The quantitative estimate of drug-likeness (QED) is 0.572. The fourth-order valence-electron chi connectivity index (χ4n) is 1.89. The molecule has 19 heavy (non-hydrogen) atoms. The first-order valence-corrected chi connectivity index (χ1v) is 6.09. The summed E-state index contributed by atoms with van der Waals surface area (Å²) in [7, 11) is 1.45. The third-order valence-electron chi connectivity index (χ3n) is 2.59. The van der Waals surface area contributed by atoms with Gasteiger partial charge in [-0.15, -0.1) is 0 Å². The molecule has 0 aliphatic rings. The zero-order valence-corrected chi connectivity index (χ0v) is 12.2. The van der Waals surface area contributed by atoms with Gasteiger partial charge in [0.05, 0.1) is 12.8 Å². The molecule has 3 heteroatoms. The van der Waals surface area contributed by atoms with Crippen molar-refractivity contribution in [3.05, 3.63) is 47.4 Å². The molecule has 1 aromatic carbocycles. The van der Waals surface area contributed by atoms with E-state index in [1.54, 1.807) is 6.07 Å². The van der Waals surface area contributed by atoms with E-state index >= 15 is 0 Å². The maximum Gasteiger partial charge on any atom is 0.165 e. The maximum atomic E-state index is 13.8. The summed E-state index contributed by atoms with van der Waals surface area (Å²) in [6, 6.07) is 4.88. The number of methoxy groups -OCH3 is 1. The van der Waals surface area contributed by atoms with E-state index in [9.17, 15) is 4.39 Å². The van der Waals surface area contributed by atoms with Gasteiger partial charge in [-0.3, -0.25) is 4.99 Å². The van der Waals surface area contributed by atoms with E-state index in [4.69, 9.17) is 4.74 Å². The van der Waals surface area contributed by atoms with Crippen LogP contribution in [0.25, 0.3) is 5.57 Å². The predicted molar refractivity (Wildman–Crippen MR) is 79.1 cm³/mol. The van der Waals surface area contributed by atoms with Crippen molar-refractivity contribution < 1.29 is 9.13 Å². The molecule has 0 bridgehead atoms. The Morgan fingerprint density at radius 1 is 1.21 bits per heavy atom. The normalized spacial score (nSPS) is 9.79. The lowest BCUT2D eigenvalue weighted by molar-refractivity contribution is 0.386. The van der Waals surface area contributed by atoms with Gasteiger partial charge in [-0.05, 0) is 45.4 Å². The maximum absolute atomic E-state index is 13.8. The van der Waals surface area contributed by atoms with Crippen molar-refractivity contribution in [1.29, 1.82) is 0 Å². The molecule has 0 atom stereocenters. The number of hydrogen-bond acceptors (Lipinski definition) is 2. The number of hydrogen-bond donors (Lipinski definition) is 0. The summed E-state index contributed by atoms with van der Waals surface area (Å²) in [5.41, 5.74) is 4.22. The molecular weight excluding hydrogens is 241 g/mol. The van der Waals surface area contributed by atoms with Crippen molar-refractivity contribution in [3.8, 4) is 5.75 Å². The van der Waals surface area contributed by atoms with Crippen LogP contribution in [-0.2, 0) is 0 Å². The lowest BCUT2D eigenvalue weighted by Crippen LogP contribution is -1.95. The van der Waals surface area contributed by atoms with Crippen molar-refractivity contribution in [2.45, 2.75) is 27.7 Å². The molecule has 0 heterocycles. The molecule has 0 spiro atoms. The summed E-state index contributed by atoms with van der Waals surface area (Å²) in [4.78, 5) is 4.36. The molecule has 102 valence electrons. The van der Waals surface area contributed by atoms with Gasteiger partial charge in [0.2, 0.25) is 0 Å². The van der Waals surface area contributed by atoms with Gasteiger partial charge >= 0.3 is 0 Å². The largest absolute Gasteiger partial charge is 0.494 e.